The van der Waals surface area contributed by atoms with E-state index in [0.717, 1.165) is 11.3 Å². The van der Waals surface area contributed by atoms with E-state index in [0.29, 0.717) is 25.4 Å². The lowest BCUT2D eigenvalue weighted by atomic mass is 10.1. The number of anilines is 1. The summed E-state index contributed by atoms with van der Waals surface area (Å²) in [5.41, 5.74) is 7.33. The number of aromatic nitrogens is 1. The van der Waals surface area contributed by atoms with Crippen molar-refractivity contribution in [1.82, 2.24) is 15.0 Å². The topological polar surface area (TPSA) is 75.6 Å². The van der Waals surface area contributed by atoms with Gasteiger partial charge in [0.15, 0.2) is 0 Å². The maximum absolute atomic E-state index is 11.7. The minimum atomic E-state index is -0.0127. The molecule has 15 heavy (non-hydrogen) atoms. The molecule has 1 aliphatic rings. The van der Waals surface area contributed by atoms with Gasteiger partial charge in [-0.05, 0) is 0 Å². The number of hydrogen-bond acceptors (Lipinski definition) is 4. The molecule has 0 bridgehead atoms. The predicted octanol–water partition coefficient (Wildman–Crippen LogP) is 0.297. The smallest absolute Gasteiger partial charge is 0.319 e. The molecule has 6 heteroatoms. The summed E-state index contributed by atoms with van der Waals surface area (Å²) >= 11 is 0. The SMILES string of the molecule is CN(C)C(=O)N1CCc2noc(N)c2C1. The molecule has 0 saturated carbocycles. The summed E-state index contributed by atoms with van der Waals surface area (Å²) in [7, 11) is 3.46. The highest BCUT2D eigenvalue weighted by Gasteiger charge is 2.26. The molecule has 2 rings (SSSR count). The van der Waals surface area contributed by atoms with E-state index in [4.69, 9.17) is 10.3 Å². The summed E-state index contributed by atoms with van der Waals surface area (Å²) in [6.07, 6.45) is 0.704. The number of hydrogen-bond donors (Lipinski definition) is 1. The fourth-order valence-corrected chi connectivity index (χ4v) is 1.68. The van der Waals surface area contributed by atoms with Crippen molar-refractivity contribution in [3.8, 4) is 0 Å². The number of amides is 2. The average molecular weight is 210 g/mol. The van der Waals surface area contributed by atoms with Gasteiger partial charge in [0.25, 0.3) is 0 Å². The minimum absolute atomic E-state index is 0.0127. The zero-order valence-electron chi connectivity index (χ0n) is 8.86. The molecule has 0 radical (unpaired) electrons. The second-order valence-corrected chi connectivity index (χ2v) is 3.82. The Morgan fingerprint density at radius 3 is 3.00 bits per heavy atom. The summed E-state index contributed by atoms with van der Waals surface area (Å²) < 4.78 is 4.88. The molecular formula is C9H14N4O2. The van der Waals surface area contributed by atoms with Crippen molar-refractivity contribution >= 4 is 11.9 Å². The van der Waals surface area contributed by atoms with E-state index in [9.17, 15) is 4.79 Å². The molecule has 2 heterocycles. The molecule has 0 aromatic carbocycles. The molecule has 0 saturated heterocycles. The Morgan fingerprint density at radius 2 is 2.33 bits per heavy atom. The lowest BCUT2D eigenvalue weighted by molar-refractivity contribution is 0.165. The van der Waals surface area contributed by atoms with Gasteiger partial charge in [-0.15, -0.1) is 0 Å². The normalized spacial score (nSPS) is 14.9. The molecule has 0 fully saturated rings. The molecule has 0 spiro atoms. The molecule has 1 aliphatic heterocycles. The van der Waals surface area contributed by atoms with E-state index >= 15 is 0 Å². The number of nitrogen functional groups attached to an aromatic ring is 1. The standard InChI is InChI=1S/C9H14N4O2/c1-12(2)9(14)13-4-3-7-6(5-13)8(10)15-11-7/h3-5,10H2,1-2H3. The largest absolute Gasteiger partial charge is 0.367 e. The second-order valence-electron chi connectivity index (χ2n) is 3.82. The highest BCUT2D eigenvalue weighted by Crippen LogP contribution is 2.23. The Hall–Kier alpha value is -1.72. The lowest BCUT2D eigenvalue weighted by Gasteiger charge is -2.28. The molecule has 2 amide bonds. The van der Waals surface area contributed by atoms with Crippen LogP contribution in [-0.4, -0.2) is 41.6 Å². The molecule has 1 aromatic heterocycles. The Labute approximate surface area is 87.6 Å². The Kier molecular flexibility index (Phi) is 2.26. The summed E-state index contributed by atoms with van der Waals surface area (Å²) in [5.74, 6) is 0.321. The van der Waals surface area contributed by atoms with Gasteiger partial charge in [0.1, 0.15) is 0 Å². The number of nitrogens with two attached hydrogens (primary N) is 1. The van der Waals surface area contributed by atoms with Crippen LogP contribution in [0.1, 0.15) is 11.3 Å². The van der Waals surface area contributed by atoms with Crippen LogP contribution >= 0.6 is 0 Å². The van der Waals surface area contributed by atoms with Crippen molar-refractivity contribution in [2.75, 3.05) is 26.4 Å². The Balaban J connectivity index is 2.18. The van der Waals surface area contributed by atoms with E-state index < -0.39 is 0 Å². The van der Waals surface area contributed by atoms with Crippen LogP contribution in [0, 0.1) is 0 Å². The maximum Gasteiger partial charge on any atom is 0.319 e. The summed E-state index contributed by atoms with van der Waals surface area (Å²) in [4.78, 5) is 15.0. The third-order valence-electron chi connectivity index (χ3n) is 2.52. The summed E-state index contributed by atoms with van der Waals surface area (Å²) in [5, 5.41) is 3.84. The van der Waals surface area contributed by atoms with E-state index in [1.807, 2.05) is 0 Å². The maximum atomic E-state index is 11.7. The van der Waals surface area contributed by atoms with Crippen LogP contribution < -0.4 is 5.73 Å². The van der Waals surface area contributed by atoms with Gasteiger partial charge in [-0.25, -0.2) is 4.79 Å². The predicted molar refractivity (Wildman–Crippen MR) is 54.1 cm³/mol. The first-order valence-electron chi connectivity index (χ1n) is 4.78. The van der Waals surface area contributed by atoms with Crippen molar-refractivity contribution in [2.45, 2.75) is 13.0 Å². The zero-order valence-corrected chi connectivity index (χ0v) is 8.86. The van der Waals surface area contributed by atoms with Crippen molar-refractivity contribution in [3.63, 3.8) is 0 Å². The third kappa shape index (κ3) is 1.62. The number of carbonyl (C=O) groups is 1. The van der Waals surface area contributed by atoms with Crippen molar-refractivity contribution in [1.29, 1.82) is 0 Å². The number of carbonyl (C=O) groups excluding carboxylic acids is 1. The van der Waals surface area contributed by atoms with Gasteiger partial charge in [0.2, 0.25) is 5.88 Å². The molecule has 0 aliphatic carbocycles. The van der Waals surface area contributed by atoms with Gasteiger partial charge in [-0.2, -0.15) is 0 Å². The quantitative estimate of drug-likeness (QED) is 0.668. The van der Waals surface area contributed by atoms with Crippen molar-refractivity contribution in [2.24, 2.45) is 0 Å². The van der Waals surface area contributed by atoms with Crippen LogP contribution in [0.2, 0.25) is 0 Å². The molecular weight excluding hydrogens is 196 g/mol. The summed E-state index contributed by atoms with van der Waals surface area (Å²) in [6.45, 7) is 1.15. The second kappa shape index (κ2) is 3.45. The monoisotopic (exact) mass is 210 g/mol. The Bertz CT molecular complexity index is 385. The fraction of sp³-hybridized carbons (Fsp3) is 0.556. The highest BCUT2D eigenvalue weighted by atomic mass is 16.5. The van der Waals surface area contributed by atoms with Gasteiger partial charge < -0.3 is 20.1 Å². The van der Waals surface area contributed by atoms with E-state index in [1.165, 1.54) is 0 Å². The first-order valence-corrected chi connectivity index (χ1v) is 4.78. The minimum Gasteiger partial charge on any atom is -0.367 e. The molecule has 0 unspecified atom stereocenters. The highest BCUT2D eigenvalue weighted by molar-refractivity contribution is 5.74. The lowest BCUT2D eigenvalue weighted by Crippen LogP contribution is -2.42. The van der Waals surface area contributed by atoms with Gasteiger partial charge in [-0.3, -0.25) is 0 Å². The van der Waals surface area contributed by atoms with Crippen molar-refractivity contribution in [3.05, 3.63) is 11.3 Å². The average Bonchev–Trinajstić information content (AvgIpc) is 2.59. The first kappa shape index (κ1) is 9.82. The van der Waals surface area contributed by atoms with E-state index in [-0.39, 0.29) is 6.03 Å². The Morgan fingerprint density at radius 1 is 1.60 bits per heavy atom. The number of urea groups is 1. The van der Waals surface area contributed by atoms with Gasteiger partial charge in [0, 0.05) is 27.1 Å². The molecule has 2 N–H and O–H groups in total. The zero-order chi connectivity index (χ0) is 11.0. The van der Waals surface area contributed by atoms with Gasteiger partial charge >= 0.3 is 6.03 Å². The number of rotatable bonds is 0. The third-order valence-corrected chi connectivity index (χ3v) is 2.52. The molecule has 1 aromatic rings. The van der Waals surface area contributed by atoms with Gasteiger partial charge in [0.05, 0.1) is 17.8 Å². The number of fused-ring (bicyclic) bond motifs is 1. The van der Waals surface area contributed by atoms with E-state index in [1.54, 1.807) is 23.9 Å². The van der Waals surface area contributed by atoms with Crippen LogP contribution in [0.4, 0.5) is 10.7 Å². The summed E-state index contributed by atoms with van der Waals surface area (Å²) in [6, 6.07) is -0.0127. The van der Waals surface area contributed by atoms with Crippen molar-refractivity contribution < 1.29 is 9.32 Å². The van der Waals surface area contributed by atoms with Crippen LogP contribution in [-0.2, 0) is 13.0 Å². The number of nitrogens with zero attached hydrogens (tertiary/aromatic N) is 3. The fourth-order valence-electron chi connectivity index (χ4n) is 1.68. The van der Waals surface area contributed by atoms with Crippen LogP contribution in [0.25, 0.3) is 0 Å². The van der Waals surface area contributed by atoms with Crippen LogP contribution in [0.15, 0.2) is 4.52 Å². The molecule has 6 nitrogen and oxygen atoms in total. The van der Waals surface area contributed by atoms with Gasteiger partial charge in [-0.1, -0.05) is 5.16 Å². The van der Waals surface area contributed by atoms with Crippen LogP contribution in [0.5, 0.6) is 0 Å². The van der Waals surface area contributed by atoms with Crippen LogP contribution in [0.3, 0.4) is 0 Å². The molecule has 82 valence electrons. The van der Waals surface area contributed by atoms with E-state index in [2.05, 4.69) is 5.16 Å². The molecule has 0 atom stereocenters. The first-order chi connectivity index (χ1) is 7.09.